The van der Waals surface area contributed by atoms with Crippen molar-refractivity contribution in [2.75, 3.05) is 24.9 Å². The minimum absolute atomic E-state index is 0.0979. The van der Waals surface area contributed by atoms with Crippen LogP contribution in [0, 0.1) is 6.92 Å². The van der Waals surface area contributed by atoms with E-state index in [1.54, 1.807) is 55.3 Å². The van der Waals surface area contributed by atoms with Crippen LogP contribution in [-0.2, 0) is 10.0 Å². The van der Waals surface area contributed by atoms with Crippen molar-refractivity contribution < 1.29 is 17.9 Å². The summed E-state index contributed by atoms with van der Waals surface area (Å²) in [5.74, 6) is 0.482. The second kappa shape index (κ2) is 9.59. The van der Waals surface area contributed by atoms with E-state index in [1.807, 2.05) is 6.92 Å². The van der Waals surface area contributed by atoms with Crippen molar-refractivity contribution in [1.82, 2.24) is 4.90 Å². The number of nitrogens with zero attached hydrogens (tertiary/aromatic N) is 1. The number of methoxy groups -OCH3 is 1. The SMILES string of the molecule is CCCCN(CC)C(=O)c1ccc(C)c(S(=O)(=O)Nc2ccc(OC)cc2)c1. The van der Waals surface area contributed by atoms with Gasteiger partial charge in [-0.2, -0.15) is 0 Å². The van der Waals surface area contributed by atoms with Crippen LogP contribution in [-0.4, -0.2) is 39.4 Å². The molecule has 0 aromatic heterocycles. The third kappa shape index (κ3) is 5.25. The van der Waals surface area contributed by atoms with Crippen molar-refractivity contribution in [2.24, 2.45) is 0 Å². The lowest BCUT2D eigenvalue weighted by Gasteiger charge is -2.21. The van der Waals surface area contributed by atoms with Crippen LogP contribution in [0.4, 0.5) is 5.69 Å². The number of unbranched alkanes of at least 4 members (excludes halogenated alkanes) is 1. The summed E-state index contributed by atoms with van der Waals surface area (Å²) in [6.07, 6.45) is 1.90. The van der Waals surface area contributed by atoms with E-state index < -0.39 is 10.0 Å². The summed E-state index contributed by atoms with van der Waals surface area (Å²) in [6, 6.07) is 11.4. The molecule has 0 atom stereocenters. The fourth-order valence-electron chi connectivity index (χ4n) is 2.83. The van der Waals surface area contributed by atoms with E-state index in [2.05, 4.69) is 11.6 Å². The van der Waals surface area contributed by atoms with Gasteiger partial charge in [0.1, 0.15) is 5.75 Å². The smallest absolute Gasteiger partial charge is 0.262 e. The van der Waals surface area contributed by atoms with Gasteiger partial charge in [0.2, 0.25) is 0 Å². The minimum atomic E-state index is -3.83. The van der Waals surface area contributed by atoms with Crippen LogP contribution in [0.2, 0.25) is 0 Å². The highest BCUT2D eigenvalue weighted by atomic mass is 32.2. The molecule has 1 N–H and O–H groups in total. The number of rotatable bonds is 9. The van der Waals surface area contributed by atoms with Crippen LogP contribution >= 0.6 is 0 Å². The molecule has 0 aliphatic rings. The molecule has 0 saturated heterocycles. The minimum Gasteiger partial charge on any atom is -0.497 e. The van der Waals surface area contributed by atoms with Crippen LogP contribution in [0.5, 0.6) is 5.75 Å². The summed E-state index contributed by atoms with van der Waals surface area (Å²) in [5.41, 5.74) is 1.38. The van der Waals surface area contributed by atoms with Gasteiger partial charge in [0.05, 0.1) is 12.0 Å². The van der Waals surface area contributed by atoms with Crippen LogP contribution in [0.25, 0.3) is 0 Å². The summed E-state index contributed by atoms with van der Waals surface area (Å²) in [7, 11) is -2.28. The highest BCUT2D eigenvalue weighted by Crippen LogP contribution is 2.23. The largest absolute Gasteiger partial charge is 0.497 e. The molecule has 7 heteroatoms. The molecule has 0 spiro atoms. The number of benzene rings is 2. The molecule has 152 valence electrons. The van der Waals surface area contributed by atoms with E-state index in [0.29, 0.717) is 35.7 Å². The van der Waals surface area contributed by atoms with E-state index in [0.717, 1.165) is 12.8 Å². The predicted octanol–water partition coefficient (Wildman–Crippen LogP) is 4.07. The summed E-state index contributed by atoms with van der Waals surface area (Å²) in [4.78, 5) is 14.6. The average molecular weight is 405 g/mol. The van der Waals surface area contributed by atoms with Crippen LogP contribution in [0.15, 0.2) is 47.4 Å². The number of nitrogens with one attached hydrogen (secondary N) is 1. The Labute approximate surface area is 167 Å². The van der Waals surface area contributed by atoms with Gasteiger partial charge in [0, 0.05) is 24.3 Å². The molecule has 0 bridgehead atoms. The fourth-order valence-corrected chi connectivity index (χ4v) is 4.16. The normalized spacial score (nSPS) is 11.1. The molecule has 28 heavy (non-hydrogen) atoms. The lowest BCUT2D eigenvalue weighted by Crippen LogP contribution is -2.32. The van der Waals surface area contributed by atoms with Gasteiger partial charge >= 0.3 is 0 Å². The quantitative estimate of drug-likeness (QED) is 0.684. The number of hydrogen-bond acceptors (Lipinski definition) is 4. The van der Waals surface area contributed by atoms with E-state index in [4.69, 9.17) is 4.74 Å². The Balaban J connectivity index is 2.31. The third-order valence-corrected chi connectivity index (χ3v) is 6.04. The number of ether oxygens (including phenoxy) is 1. The van der Waals surface area contributed by atoms with Crippen molar-refractivity contribution in [3.05, 3.63) is 53.6 Å². The zero-order valence-electron chi connectivity index (χ0n) is 16.9. The van der Waals surface area contributed by atoms with Gasteiger partial charge in [-0.15, -0.1) is 0 Å². The van der Waals surface area contributed by atoms with E-state index in [1.165, 1.54) is 6.07 Å². The number of carbonyl (C=O) groups excluding carboxylic acids is 1. The van der Waals surface area contributed by atoms with E-state index >= 15 is 0 Å². The number of hydrogen-bond donors (Lipinski definition) is 1. The standard InChI is InChI=1S/C21H28N2O4S/c1-5-7-14-23(6-2)21(24)17-9-8-16(3)20(15-17)28(25,26)22-18-10-12-19(27-4)13-11-18/h8-13,15,22H,5-7,14H2,1-4H3. The Morgan fingerprint density at radius 3 is 2.36 bits per heavy atom. The Hall–Kier alpha value is -2.54. The van der Waals surface area contributed by atoms with Crippen molar-refractivity contribution in [3.63, 3.8) is 0 Å². The van der Waals surface area contributed by atoms with E-state index in [9.17, 15) is 13.2 Å². The first-order valence-electron chi connectivity index (χ1n) is 9.39. The maximum atomic E-state index is 12.9. The first-order valence-corrected chi connectivity index (χ1v) is 10.9. The highest BCUT2D eigenvalue weighted by Gasteiger charge is 2.21. The first-order chi connectivity index (χ1) is 13.3. The number of sulfonamides is 1. The van der Waals surface area contributed by atoms with Gasteiger partial charge in [-0.05, 0) is 62.2 Å². The molecular weight excluding hydrogens is 376 g/mol. The molecule has 2 aromatic rings. The van der Waals surface area contributed by atoms with Gasteiger partial charge < -0.3 is 9.64 Å². The summed E-state index contributed by atoms with van der Waals surface area (Å²) in [5, 5.41) is 0. The molecule has 1 amide bonds. The second-order valence-corrected chi connectivity index (χ2v) is 8.20. The molecule has 0 aliphatic heterocycles. The molecule has 0 unspecified atom stereocenters. The van der Waals surface area contributed by atoms with Crippen LogP contribution < -0.4 is 9.46 Å². The summed E-state index contributed by atoms with van der Waals surface area (Å²) >= 11 is 0. The van der Waals surface area contributed by atoms with Crippen molar-refractivity contribution in [1.29, 1.82) is 0 Å². The second-order valence-electron chi connectivity index (χ2n) is 6.55. The lowest BCUT2D eigenvalue weighted by molar-refractivity contribution is 0.0762. The number of anilines is 1. The molecular formula is C21H28N2O4S. The van der Waals surface area contributed by atoms with E-state index in [-0.39, 0.29) is 10.8 Å². The van der Waals surface area contributed by atoms with Gasteiger partial charge in [0.15, 0.2) is 0 Å². The molecule has 0 heterocycles. The van der Waals surface area contributed by atoms with Gasteiger partial charge in [0.25, 0.3) is 15.9 Å². The maximum Gasteiger partial charge on any atom is 0.262 e. The maximum absolute atomic E-state index is 12.9. The molecule has 0 aliphatic carbocycles. The number of carbonyl (C=O) groups is 1. The van der Waals surface area contributed by atoms with Crippen molar-refractivity contribution in [3.8, 4) is 5.75 Å². The van der Waals surface area contributed by atoms with Crippen LogP contribution in [0.1, 0.15) is 42.6 Å². The Kier molecular flexibility index (Phi) is 7.45. The predicted molar refractivity (Wildman–Crippen MR) is 111 cm³/mol. The lowest BCUT2D eigenvalue weighted by atomic mass is 10.1. The number of amides is 1. The van der Waals surface area contributed by atoms with Crippen molar-refractivity contribution in [2.45, 2.75) is 38.5 Å². The topological polar surface area (TPSA) is 75.7 Å². The Bertz CT molecular complexity index is 909. The summed E-state index contributed by atoms with van der Waals surface area (Å²) in [6.45, 7) is 6.95. The third-order valence-electron chi connectivity index (χ3n) is 4.52. The van der Waals surface area contributed by atoms with Crippen LogP contribution in [0.3, 0.4) is 0 Å². The van der Waals surface area contributed by atoms with Gasteiger partial charge in [-0.1, -0.05) is 19.4 Å². The molecule has 2 rings (SSSR count). The molecule has 0 fully saturated rings. The molecule has 0 radical (unpaired) electrons. The van der Waals surface area contributed by atoms with Gasteiger partial charge in [-0.3, -0.25) is 9.52 Å². The molecule has 6 nitrogen and oxygen atoms in total. The Morgan fingerprint density at radius 2 is 1.79 bits per heavy atom. The monoisotopic (exact) mass is 404 g/mol. The number of aryl methyl sites for hydroxylation is 1. The van der Waals surface area contributed by atoms with Crippen molar-refractivity contribution >= 4 is 21.6 Å². The van der Waals surface area contributed by atoms with Gasteiger partial charge in [-0.25, -0.2) is 8.42 Å². The first kappa shape index (κ1) is 21.8. The summed E-state index contributed by atoms with van der Waals surface area (Å²) < 4.78 is 33.4. The average Bonchev–Trinajstić information content (AvgIpc) is 2.69. The molecule has 0 saturated carbocycles. The Morgan fingerprint density at radius 1 is 1.11 bits per heavy atom. The zero-order chi connectivity index (χ0) is 20.7. The fraction of sp³-hybridized carbons (Fsp3) is 0.381. The molecule has 2 aromatic carbocycles. The highest BCUT2D eigenvalue weighted by molar-refractivity contribution is 7.92. The zero-order valence-corrected chi connectivity index (χ0v) is 17.7.